The maximum atomic E-state index is 11.8. The molecule has 2 aromatic rings. The minimum absolute atomic E-state index is 0.252. The van der Waals surface area contributed by atoms with Crippen LogP contribution < -0.4 is 15.6 Å². The van der Waals surface area contributed by atoms with Crippen molar-refractivity contribution >= 4 is 23.4 Å². The van der Waals surface area contributed by atoms with Gasteiger partial charge in [0, 0.05) is 5.56 Å². The molecule has 0 bridgehead atoms. The maximum absolute atomic E-state index is 11.8. The predicted molar refractivity (Wildman–Crippen MR) is 83.7 cm³/mol. The predicted octanol–water partition coefficient (Wildman–Crippen LogP) is 2.49. The van der Waals surface area contributed by atoms with Crippen LogP contribution in [0.2, 0.25) is 5.02 Å². The highest BCUT2D eigenvalue weighted by Crippen LogP contribution is 2.22. The van der Waals surface area contributed by atoms with Crippen molar-refractivity contribution in [1.82, 2.24) is 10.9 Å². The number of aryl methyl sites for hydroxylation is 1. The Bertz CT molecular complexity index is 671. The fourth-order valence-corrected chi connectivity index (χ4v) is 1.84. The molecule has 2 N–H and O–H groups in total. The van der Waals surface area contributed by atoms with Crippen LogP contribution in [0.25, 0.3) is 0 Å². The molecule has 0 aliphatic carbocycles. The molecule has 0 saturated carbocycles. The Morgan fingerprint density at radius 2 is 1.73 bits per heavy atom. The van der Waals surface area contributed by atoms with E-state index in [9.17, 15) is 9.59 Å². The van der Waals surface area contributed by atoms with Gasteiger partial charge in [0.1, 0.15) is 5.75 Å². The molecule has 0 spiro atoms. The molecule has 5 nitrogen and oxygen atoms in total. The summed E-state index contributed by atoms with van der Waals surface area (Å²) >= 11 is 5.90. The molecular weight excluding hydrogens is 304 g/mol. The van der Waals surface area contributed by atoms with E-state index in [0.29, 0.717) is 16.3 Å². The summed E-state index contributed by atoms with van der Waals surface area (Å²) in [6, 6.07) is 13.8. The van der Waals surface area contributed by atoms with E-state index in [-0.39, 0.29) is 6.61 Å². The Hall–Kier alpha value is -2.53. The van der Waals surface area contributed by atoms with Crippen molar-refractivity contribution in [3.8, 4) is 5.75 Å². The van der Waals surface area contributed by atoms with E-state index in [1.54, 1.807) is 36.4 Å². The van der Waals surface area contributed by atoms with Crippen molar-refractivity contribution in [2.45, 2.75) is 6.92 Å². The molecule has 6 heteroatoms. The monoisotopic (exact) mass is 318 g/mol. The lowest BCUT2D eigenvalue weighted by Crippen LogP contribution is -2.43. The number of para-hydroxylation sites is 1. The first-order chi connectivity index (χ1) is 10.6. The number of benzene rings is 2. The van der Waals surface area contributed by atoms with Crippen molar-refractivity contribution in [2.24, 2.45) is 0 Å². The van der Waals surface area contributed by atoms with Crippen molar-refractivity contribution in [2.75, 3.05) is 6.61 Å². The van der Waals surface area contributed by atoms with Crippen LogP contribution in [0.3, 0.4) is 0 Å². The Labute approximate surface area is 133 Å². The van der Waals surface area contributed by atoms with E-state index >= 15 is 0 Å². The molecule has 114 valence electrons. The van der Waals surface area contributed by atoms with E-state index < -0.39 is 11.8 Å². The zero-order valence-electron chi connectivity index (χ0n) is 11.9. The number of amides is 2. The molecule has 0 aliphatic rings. The van der Waals surface area contributed by atoms with Crippen LogP contribution >= 0.6 is 11.6 Å². The molecular formula is C16H15ClN2O3. The van der Waals surface area contributed by atoms with Crippen LogP contribution in [0.4, 0.5) is 0 Å². The molecule has 0 radical (unpaired) electrons. The van der Waals surface area contributed by atoms with Gasteiger partial charge in [0.05, 0.1) is 5.02 Å². The van der Waals surface area contributed by atoms with Gasteiger partial charge in [-0.25, -0.2) is 0 Å². The third kappa shape index (κ3) is 4.49. The Balaban J connectivity index is 1.79. The van der Waals surface area contributed by atoms with E-state index in [1.807, 2.05) is 19.1 Å². The summed E-state index contributed by atoms with van der Waals surface area (Å²) in [5, 5.41) is 0.416. The first-order valence-electron chi connectivity index (χ1n) is 6.59. The molecule has 0 fully saturated rings. The first kappa shape index (κ1) is 15.9. The molecule has 0 atom stereocenters. The number of hydrogen-bond donors (Lipinski definition) is 2. The lowest BCUT2D eigenvalue weighted by molar-refractivity contribution is -0.123. The van der Waals surface area contributed by atoms with Gasteiger partial charge in [-0.15, -0.1) is 0 Å². The van der Waals surface area contributed by atoms with Crippen molar-refractivity contribution in [1.29, 1.82) is 0 Å². The van der Waals surface area contributed by atoms with Crippen LogP contribution in [0.15, 0.2) is 48.5 Å². The number of ether oxygens (including phenoxy) is 1. The molecule has 2 amide bonds. The minimum atomic E-state index is -0.486. The van der Waals surface area contributed by atoms with Crippen LogP contribution in [0, 0.1) is 6.92 Å². The van der Waals surface area contributed by atoms with Crippen LogP contribution in [-0.2, 0) is 4.79 Å². The summed E-state index contributed by atoms with van der Waals surface area (Å²) in [6.07, 6.45) is 0. The van der Waals surface area contributed by atoms with E-state index in [4.69, 9.17) is 16.3 Å². The summed E-state index contributed by atoms with van der Waals surface area (Å²) in [5.41, 5.74) is 6.10. The highest BCUT2D eigenvalue weighted by molar-refractivity contribution is 6.32. The average Bonchev–Trinajstić information content (AvgIpc) is 2.52. The third-order valence-corrected chi connectivity index (χ3v) is 3.14. The SMILES string of the molecule is Cc1ccc(C(=O)NNC(=O)COc2ccccc2Cl)cc1. The highest BCUT2D eigenvalue weighted by atomic mass is 35.5. The normalized spacial score (nSPS) is 9.91. The fourth-order valence-electron chi connectivity index (χ4n) is 1.64. The molecule has 2 rings (SSSR count). The number of nitrogens with one attached hydrogen (secondary N) is 2. The largest absolute Gasteiger partial charge is 0.482 e. The summed E-state index contributed by atoms with van der Waals surface area (Å²) in [4.78, 5) is 23.4. The molecule has 0 unspecified atom stereocenters. The van der Waals surface area contributed by atoms with Gasteiger partial charge in [-0.05, 0) is 31.2 Å². The van der Waals surface area contributed by atoms with Gasteiger partial charge >= 0.3 is 0 Å². The summed E-state index contributed by atoms with van der Waals surface area (Å²) in [7, 11) is 0. The van der Waals surface area contributed by atoms with Crippen molar-refractivity contribution in [3.05, 3.63) is 64.7 Å². The number of carbonyl (C=O) groups excluding carboxylic acids is 2. The fraction of sp³-hybridized carbons (Fsp3) is 0.125. The molecule has 0 aromatic heterocycles. The molecule has 0 aliphatic heterocycles. The number of hydrazine groups is 1. The minimum Gasteiger partial charge on any atom is -0.482 e. The van der Waals surface area contributed by atoms with E-state index in [0.717, 1.165) is 5.56 Å². The van der Waals surface area contributed by atoms with Crippen molar-refractivity contribution in [3.63, 3.8) is 0 Å². The lowest BCUT2D eigenvalue weighted by atomic mass is 10.1. The maximum Gasteiger partial charge on any atom is 0.276 e. The number of carbonyl (C=O) groups is 2. The average molecular weight is 319 g/mol. The molecule has 2 aromatic carbocycles. The summed E-state index contributed by atoms with van der Waals surface area (Å²) < 4.78 is 5.26. The zero-order valence-corrected chi connectivity index (χ0v) is 12.7. The second-order valence-corrected chi connectivity index (χ2v) is 4.99. The molecule has 0 heterocycles. The number of rotatable bonds is 4. The standard InChI is InChI=1S/C16H15ClN2O3/c1-11-6-8-12(9-7-11)16(21)19-18-15(20)10-22-14-5-3-2-4-13(14)17/h2-9H,10H2,1H3,(H,18,20)(H,19,21). The Morgan fingerprint density at radius 3 is 2.41 bits per heavy atom. The number of hydrogen-bond acceptors (Lipinski definition) is 3. The van der Waals surface area contributed by atoms with Crippen LogP contribution in [-0.4, -0.2) is 18.4 Å². The highest BCUT2D eigenvalue weighted by Gasteiger charge is 2.08. The third-order valence-electron chi connectivity index (χ3n) is 2.82. The van der Waals surface area contributed by atoms with E-state index in [1.165, 1.54) is 0 Å². The van der Waals surface area contributed by atoms with Gasteiger partial charge in [-0.3, -0.25) is 20.4 Å². The van der Waals surface area contributed by atoms with Gasteiger partial charge in [0.2, 0.25) is 0 Å². The first-order valence-corrected chi connectivity index (χ1v) is 6.97. The van der Waals surface area contributed by atoms with Gasteiger partial charge in [0.15, 0.2) is 6.61 Å². The summed E-state index contributed by atoms with van der Waals surface area (Å²) in [5.74, 6) is -0.476. The zero-order chi connectivity index (χ0) is 15.9. The van der Waals surface area contributed by atoms with Crippen LogP contribution in [0.1, 0.15) is 15.9 Å². The Kier molecular flexibility index (Phi) is 5.38. The molecule has 22 heavy (non-hydrogen) atoms. The van der Waals surface area contributed by atoms with Gasteiger partial charge in [-0.2, -0.15) is 0 Å². The van der Waals surface area contributed by atoms with Gasteiger partial charge in [-0.1, -0.05) is 41.4 Å². The quantitative estimate of drug-likeness (QED) is 0.851. The lowest BCUT2D eigenvalue weighted by Gasteiger charge is -2.09. The van der Waals surface area contributed by atoms with Gasteiger partial charge in [0.25, 0.3) is 11.8 Å². The van der Waals surface area contributed by atoms with E-state index in [2.05, 4.69) is 10.9 Å². The molecule has 0 saturated heterocycles. The smallest absolute Gasteiger partial charge is 0.276 e. The van der Waals surface area contributed by atoms with Crippen molar-refractivity contribution < 1.29 is 14.3 Å². The topological polar surface area (TPSA) is 67.4 Å². The second-order valence-electron chi connectivity index (χ2n) is 4.59. The van der Waals surface area contributed by atoms with Gasteiger partial charge < -0.3 is 4.74 Å². The number of halogens is 1. The Morgan fingerprint density at radius 1 is 1.05 bits per heavy atom. The van der Waals surface area contributed by atoms with Crippen LogP contribution in [0.5, 0.6) is 5.75 Å². The summed E-state index contributed by atoms with van der Waals surface area (Å²) in [6.45, 7) is 1.67. The second kappa shape index (κ2) is 7.47.